The molecule has 0 aliphatic carbocycles. The summed E-state index contributed by atoms with van der Waals surface area (Å²) in [5.74, 6) is 1.97. The molecule has 1 aliphatic heterocycles. The van der Waals surface area contributed by atoms with Crippen LogP contribution < -0.4 is 10.2 Å². The fraction of sp³-hybridized carbons (Fsp3) is 0.615. The fourth-order valence-electron chi connectivity index (χ4n) is 2.03. The summed E-state index contributed by atoms with van der Waals surface area (Å²) in [5.41, 5.74) is 0. The van der Waals surface area contributed by atoms with Gasteiger partial charge in [-0.1, -0.05) is 19.8 Å². The molecule has 0 aromatic carbocycles. The predicted molar refractivity (Wildman–Crippen MR) is 71.9 cm³/mol. The first-order valence-electron chi connectivity index (χ1n) is 6.62. The molecule has 0 atom stereocenters. The van der Waals surface area contributed by atoms with Crippen LogP contribution in [0.4, 0.5) is 11.6 Å². The van der Waals surface area contributed by atoms with Crippen molar-refractivity contribution in [3.63, 3.8) is 0 Å². The Hall–Kier alpha value is -1.65. The summed E-state index contributed by atoms with van der Waals surface area (Å²) in [7, 11) is 0. The summed E-state index contributed by atoms with van der Waals surface area (Å²) in [6.07, 6.45) is 5.78. The Bertz CT molecular complexity index is 408. The molecule has 5 heteroatoms. The largest absolute Gasteiger partial charge is 0.370 e. The van der Waals surface area contributed by atoms with Gasteiger partial charge in [0, 0.05) is 25.6 Å². The molecule has 98 valence electrons. The molecule has 1 N–H and O–H groups in total. The minimum absolute atomic E-state index is 0.283. The maximum atomic E-state index is 11.3. The molecule has 5 nitrogen and oxygen atoms in total. The van der Waals surface area contributed by atoms with Gasteiger partial charge in [0.05, 0.1) is 6.54 Å². The van der Waals surface area contributed by atoms with Crippen LogP contribution in [0.2, 0.25) is 0 Å². The zero-order valence-corrected chi connectivity index (χ0v) is 10.9. The lowest BCUT2D eigenvalue weighted by Crippen LogP contribution is -2.21. The highest BCUT2D eigenvalue weighted by Gasteiger charge is 2.20. The second-order valence-corrected chi connectivity index (χ2v) is 4.61. The first-order chi connectivity index (χ1) is 8.79. The van der Waals surface area contributed by atoms with Crippen molar-refractivity contribution in [1.29, 1.82) is 0 Å². The summed E-state index contributed by atoms with van der Waals surface area (Å²) >= 11 is 0. The normalized spacial score (nSPS) is 15.2. The van der Waals surface area contributed by atoms with Crippen LogP contribution in [0.1, 0.15) is 32.6 Å². The molecular weight excluding hydrogens is 228 g/mol. The van der Waals surface area contributed by atoms with Crippen molar-refractivity contribution < 1.29 is 4.79 Å². The Kier molecular flexibility index (Phi) is 4.50. The van der Waals surface area contributed by atoms with E-state index in [1.165, 1.54) is 12.8 Å². The van der Waals surface area contributed by atoms with E-state index in [9.17, 15) is 4.79 Å². The van der Waals surface area contributed by atoms with Gasteiger partial charge in [-0.3, -0.25) is 4.79 Å². The van der Waals surface area contributed by atoms with E-state index in [0.29, 0.717) is 13.0 Å². The van der Waals surface area contributed by atoms with Crippen molar-refractivity contribution >= 4 is 17.4 Å². The molecular formula is C13H20N4O. The number of unbranched alkanes of at least 4 members (excludes halogenated alkanes) is 2. The molecule has 0 unspecified atom stereocenters. The number of rotatable bonds is 6. The van der Waals surface area contributed by atoms with Gasteiger partial charge >= 0.3 is 0 Å². The molecule has 18 heavy (non-hydrogen) atoms. The molecule has 2 heterocycles. The highest BCUT2D eigenvalue weighted by Crippen LogP contribution is 2.17. The third kappa shape index (κ3) is 3.42. The van der Waals surface area contributed by atoms with Crippen LogP contribution >= 0.6 is 0 Å². The monoisotopic (exact) mass is 248 g/mol. The number of carbonyl (C=O) groups excluding carboxylic acids is 1. The van der Waals surface area contributed by atoms with E-state index in [1.54, 1.807) is 6.33 Å². The first-order valence-corrected chi connectivity index (χ1v) is 6.62. The SMILES string of the molecule is CCCCCNc1cc(N2CCC(=O)C2)ncn1. The number of anilines is 2. The van der Waals surface area contributed by atoms with Crippen LogP contribution in [0, 0.1) is 0 Å². The number of aromatic nitrogens is 2. The lowest BCUT2D eigenvalue weighted by molar-refractivity contribution is -0.116. The first kappa shape index (κ1) is 12.8. The number of ketones is 1. The number of hydrogen-bond acceptors (Lipinski definition) is 5. The second-order valence-electron chi connectivity index (χ2n) is 4.61. The van der Waals surface area contributed by atoms with E-state index >= 15 is 0 Å². The minimum atomic E-state index is 0.283. The zero-order chi connectivity index (χ0) is 12.8. The number of hydrogen-bond donors (Lipinski definition) is 1. The van der Waals surface area contributed by atoms with Gasteiger partial charge in [0.25, 0.3) is 0 Å². The lowest BCUT2D eigenvalue weighted by atomic mass is 10.2. The summed E-state index contributed by atoms with van der Waals surface area (Å²) < 4.78 is 0. The Morgan fingerprint density at radius 1 is 1.39 bits per heavy atom. The van der Waals surface area contributed by atoms with E-state index in [0.717, 1.165) is 31.1 Å². The quantitative estimate of drug-likeness (QED) is 0.779. The topological polar surface area (TPSA) is 58.1 Å². The highest BCUT2D eigenvalue weighted by molar-refractivity contribution is 5.86. The van der Waals surface area contributed by atoms with Crippen molar-refractivity contribution in [2.75, 3.05) is 29.9 Å². The van der Waals surface area contributed by atoms with Crippen LogP contribution in [-0.2, 0) is 4.79 Å². The van der Waals surface area contributed by atoms with Gasteiger partial charge in [-0.25, -0.2) is 9.97 Å². The van der Waals surface area contributed by atoms with Gasteiger partial charge in [-0.05, 0) is 6.42 Å². The maximum absolute atomic E-state index is 11.3. The maximum Gasteiger partial charge on any atom is 0.153 e. The van der Waals surface area contributed by atoms with Gasteiger partial charge in [-0.15, -0.1) is 0 Å². The molecule has 0 amide bonds. The second kappa shape index (κ2) is 6.33. The van der Waals surface area contributed by atoms with Crippen LogP contribution in [0.15, 0.2) is 12.4 Å². The molecule has 1 aromatic heterocycles. The molecule has 0 saturated carbocycles. The molecule has 1 saturated heterocycles. The van der Waals surface area contributed by atoms with Crippen LogP contribution in [0.3, 0.4) is 0 Å². The summed E-state index contributed by atoms with van der Waals surface area (Å²) in [6, 6.07) is 1.92. The molecule has 1 fully saturated rings. The molecule has 2 rings (SSSR count). The van der Waals surface area contributed by atoms with E-state index < -0.39 is 0 Å². The third-order valence-corrected chi connectivity index (χ3v) is 3.09. The van der Waals surface area contributed by atoms with Crippen molar-refractivity contribution in [1.82, 2.24) is 9.97 Å². The Labute approximate surface area is 108 Å². The average molecular weight is 248 g/mol. The molecule has 1 aliphatic rings. The Morgan fingerprint density at radius 2 is 2.28 bits per heavy atom. The highest BCUT2D eigenvalue weighted by atomic mass is 16.1. The number of carbonyl (C=O) groups is 1. The van der Waals surface area contributed by atoms with Crippen molar-refractivity contribution in [3.05, 3.63) is 12.4 Å². The smallest absolute Gasteiger partial charge is 0.153 e. The molecule has 1 aromatic rings. The summed E-state index contributed by atoms with van der Waals surface area (Å²) in [5, 5.41) is 3.29. The van der Waals surface area contributed by atoms with E-state index in [-0.39, 0.29) is 5.78 Å². The van der Waals surface area contributed by atoms with Gasteiger partial charge in [0.2, 0.25) is 0 Å². The molecule has 0 spiro atoms. The van der Waals surface area contributed by atoms with E-state index in [4.69, 9.17) is 0 Å². The van der Waals surface area contributed by atoms with Crippen LogP contribution in [0.25, 0.3) is 0 Å². The van der Waals surface area contributed by atoms with Crippen LogP contribution in [0.5, 0.6) is 0 Å². The zero-order valence-electron chi connectivity index (χ0n) is 10.9. The van der Waals surface area contributed by atoms with Gasteiger partial charge in [0.1, 0.15) is 18.0 Å². The van der Waals surface area contributed by atoms with Gasteiger partial charge in [0.15, 0.2) is 5.78 Å². The van der Waals surface area contributed by atoms with E-state index in [1.807, 2.05) is 11.0 Å². The van der Waals surface area contributed by atoms with Crippen molar-refractivity contribution in [3.8, 4) is 0 Å². The Morgan fingerprint density at radius 3 is 3.00 bits per heavy atom. The molecule has 0 radical (unpaired) electrons. The third-order valence-electron chi connectivity index (χ3n) is 3.09. The standard InChI is InChI=1S/C13H20N4O/c1-2-3-4-6-14-12-8-13(16-10-15-12)17-7-5-11(18)9-17/h8,10H,2-7,9H2,1H3,(H,14,15,16). The number of nitrogens with one attached hydrogen (secondary N) is 1. The van der Waals surface area contributed by atoms with Gasteiger partial charge in [-0.2, -0.15) is 0 Å². The fourth-order valence-corrected chi connectivity index (χ4v) is 2.03. The number of Topliss-reactive ketones (excluding diaryl/α,β-unsaturated/α-hetero) is 1. The van der Waals surface area contributed by atoms with Crippen molar-refractivity contribution in [2.45, 2.75) is 32.6 Å². The Balaban J connectivity index is 1.90. The summed E-state index contributed by atoms with van der Waals surface area (Å²) in [6.45, 7) is 4.37. The average Bonchev–Trinajstić information content (AvgIpc) is 2.82. The summed E-state index contributed by atoms with van der Waals surface area (Å²) in [4.78, 5) is 21.7. The predicted octanol–water partition coefficient (Wildman–Crippen LogP) is 1.86. The lowest BCUT2D eigenvalue weighted by Gasteiger charge is -2.15. The van der Waals surface area contributed by atoms with Gasteiger partial charge < -0.3 is 10.2 Å². The molecule has 0 bridgehead atoms. The minimum Gasteiger partial charge on any atom is -0.370 e. The number of nitrogens with zero attached hydrogens (tertiary/aromatic N) is 3. The van der Waals surface area contributed by atoms with Crippen molar-refractivity contribution in [2.24, 2.45) is 0 Å². The van der Waals surface area contributed by atoms with Crippen LogP contribution in [-0.4, -0.2) is 35.4 Å². The van der Waals surface area contributed by atoms with E-state index in [2.05, 4.69) is 22.2 Å².